The SMILES string of the molecule is CC(C)(N)S(=O)(=O)c1ccc(Cl)cc1. The Morgan fingerprint density at radius 2 is 1.64 bits per heavy atom. The second kappa shape index (κ2) is 3.53. The van der Waals surface area contributed by atoms with Crippen LogP contribution in [0.2, 0.25) is 5.02 Å². The molecule has 0 unspecified atom stereocenters. The zero-order valence-corrected chi connectivity index (χ0v) is 9.56. The van der Waals surface area contributed by atoms with Gasteiger partial charge in [0.25, 0.3) is 0 Å². The van der Waals surface area contributed by atoms with Crippen LogP contribution in [-0.4, -0.2) is 13.3 Å². The third kappa shape index (κ3) is 2.08. The number of rotatable bonds is 2. The largest absolute Gasteiger partial charge is 0.313 e. The predicted octanol–water partition coefficient (Wildman–Crippen LogP) is 1.81. The molecule has 0 aliphatic carbocycles. The van der Waals surface area contributed by atoms with Gasteiger partial charge in [0.05, 0.1) is 4.90 Å². The van der Waals surface area contributed by atoms with Gasteiger partial charge >= 0.3 is 0 Å². The molecule has 1 aromatic carbocycles. The summed E-state index contributed by atoms with van der Waals surface area (Å²) in [7, 11) is -3.47. The molecule has 0 fully saturated rings. The number of sulfone groups is 1. The Morgan fingerprint density at radius 1 is 1.21 bits per heavy atom. The third-order valence-electron chi connectivity index (χ3n) is 1.82. The smallest absolute Gasteiger partial charge is 0.196 e. The molecule has 0 bridgehead atoms. The molecule has 2 N–H and O–H groups in total. The molecule has 0 amide bonds. The summed E-state index contributed by atoms with van der Waals surface area (Å²) in [6, 6.07) is 5.96. The van der Waals surface area contributed by atoms with Gasteiger partial charge < -0.3 is 5.73 Å². The van der Waals surface area contributed by atoms with E-state index in [2.05, 4.69) is 0 Å². The Balaban J connectivity index is 3.25. The second-order valence-electron chi connectivity index (χ2n) is 3.56. The first-order chi connectivity index (χ1) is 6.25. The fourth-order valence-corrected chi connectivity index (χ4v) is 2.15. The van der Waals surface area contributed by atoms with Crippen LogP contribution in [0.4, 0.5) is 0 Å². The molecule has 1 aromatic rings. The van der Waals surface area contributed by atoms with Crippen molar-refractivity contribution < 1.29 is 8.42 Å². The highest BCUT2D eigenvalue weighted by molar-refractivity contribution is 7.92. The number of hydrogen-bond donors (Lipinski definition) is 1. The maximum absolute atomic E-state index is 11.8. The molecule has 5 heteroatoms. The zero-order chi connectivity index (χ0) is 11.0. The topological polar surface area (TPSA) is 60.2 Å². The van der Waals surface area contributed by atoms with E-state index in [1.807, 2.05) is 0 Å². The van der Waals surface area contributed by atoms with E-state index in [1.54, 1.807) is 0 Å². The van der Waals surface area contributed by atoms with Gasteiger partial charge in [-0.3, -0.25) is 0 Å². The number of benzene rings is 1. The van der Waals surface area contributed by atoms with Gasteiger partial charge in [-0.15, -0.1) is 0 Å². The molecule has 14 heavy (non-hydrogen) atoms. The van der Waals surface area contributed by atoms with Crippen LogP contribution in [0.5, 0.6) is 0 Å². The summed E-state index contributed by atoms with van der Waals surface area (Å²) >= 11 is 5.65. The monoisotopic (exact) mass is 233 g/mol. The van der Waals surface area contributed by atoms with E-state index in [-0.39, 0.29) is 4.90 Å². The second-order valence-corrected chi connectivity index (χ2v) is 6.53. The van der Waals surface area contributed by atoms with Crippen LogP contribution < -0.4 is 5.73 Å². The van der Waals surface area contributed by atoms with Crippen molar-refractivity contribution in [2.24, 2.45) is 5.73 Å². The lowest BCUT2D eigenvalue weighted by atomic mass is 10.4. The highest BCUT2D eigenvalue weighted by Crippen LogP contribution is 2.22. The van der Waals surface area contributed by atoms with Gasteiger partial charge in [0.2, 0.25) is 0 Å². The van der Waals surface area contributed by atoms with E-state index in [4.69, 9.17) is 17.3 Å². The van der Waals surface area contributed by atoms with Crippen LogP contribution >= 0.6 is 11.6 Å². The standard InChI is InChI=1S/C9H12ClNO2S/c1-9(2,11)14(12,13)8-5-3-7(10)4-6-8/h3-6H,11H2,1-2H3. The molecule has 78 valence electrons. The molecule has 0 radical (unpaired) electrons. The maximum Gasteiger partial charge on any atom is 0.196 e. The molecular weight excluding hydrogens is 222 g/mol. The molecule has 0 atom stereocenters. The zero-order valence-electron chi connectivity index (χ0n) is 7.99. The number of halogens is 1. The van der Waals surface area contributed by atoms with Crippen molar-refractivity contribution in [3.05, 3.63) is 29.3 Å². The molecule has 0 saturated heterocycles. The van der Waals surface area contributed by atoms with Crippen LogP contribution in [0.1, 0.15) is 13.8 Å². The Kier molecular flexibility index (Phi) is 2.90. The number of nitrogens with two attached hydrogens (primary N) is 1. The van der Waals surface area contributed by atoms with Gasteiger partial charge in [0.1, 0.15) is 4.87 Å². The lowest BCUT2D eigenvalue weighted by Gasteiger charge is -2.19. The van der Waals surface area contributed by atoms with Crippen molar-refractivity contribution in [2.45, 2.75) is 23.6 Å². The Labute approximate surface area is 88.8 Å². The van der Waals surface area contributed by atoms with Gasteiger partial charge in [-0.2, -0.15) is 0 Å². The van der Waals surface area contributed by atoms with Crippen LogP contribution in [0.3, 0.4) is 0 Å². The highest BCUT2D eigenvalue weighted by atomic mass is 35.5. The van der Waals surface area contributed by atoms with Gasteiger partial charge in [-0.1, -0.05) is 11.6 Å². The van der Waals surface area contributed by atoms with Crippen LogP contribution in [0, 0.1) is 0 Å². The third-order valence-corrected chi connectivity index (χ3v) is 4.35. The quantitative estimate of drug-likeness (QED) is 0.848. The van der Waals surface area contributed by atoms with Crippen molar-refractivity contribution in [3.63, 3.8) is 0 Å². The van der Waals surface area contributed by atoms with E-state index < -0.39 is 14.7 Å². The highest BCUT2D eigenvalue weighted by Gasteiger charge is 2.31. The predicted molar refractivity (Wildman–Crippen MR) is 56.9 cm³/mol. The molecule has 1 rings (SSSR count). The van der Waals surface area contributed by atoms with Crippen molar-refractivity contribution >= 4 is 21.4 Å². The van der Waals surface area contributed by atoms with Gasteiger partial charge in [-0.25, -0.2) is 8.42 Å². The summed E-state index contributed by atoms with van der Waals surface area (Å²) in [6.07, 6.45) is 0. The van der Waals surface area contributed by atoms with Crippen molar-refractivity contribution in [3.8, 4) is 0 Å². The van der Waals surface area contributed by atoms with E-state index in [1.165, 1.54) is 38.1 Å². The van der Waals surface area contributed by atoms with E-state index >= 15 is 0 Å². The summed E-state index contributed by atoms with van der Waals surface area (Å²) in [6.45, 7) is 2.91. The van der Waals surface area contributed by atoms with Crippen LogP contribution in [0.15, 0.2) is 29.2 Å². The molecule has 0 aliphatic rings. The lowest BCUT2D eigenvalue weighted by Crippen LogP contribution is -2.41. The fourth-order valence-electron chi connectivity index (χ4n) is 0.917. The van der Waals surface area contributed by atoms with Gasteiger partial charge in [0.15, 0.2) is 9.84 Å². The van der Waals surface area contributed by atoms with E-state index in [0.29, 0.717) is 5.02 Å². The van der Waals surface area contributed by atoms with Crippen LogP contribution in [-0.2, 0) is 9.84 Å². The summed E-state index contributed by atoms with van der Waals surface area (Å²) < 4.78 is 23.6. The molecule has 0 aromatic heterocycles. The first kappa shape index (κ1) is 11.5. The Bertz CT molecular complexity index is 417. The molecule has 3 nitrogen and oxygen atoms in total. The summed E-state index contributed by atoms with van der Waals surface area (Å²) in [5.41, 5.74) is 5.56. The average molecular weight is 234 g/mol. The normalized spacial score (nSPS) is 12.9. The molecule has 0 aliphatic heterocycles. The lowest BCUT2D eigenvalue weighted by molar-refractivity contribution is 0.552. The van der Waals surface area contributed by atoms with Crippen LogP contribution in [0.25, 0.3) is 0 Å². The minimum absolute atomic E-state index is 0.189. The van der Waals surface area contributed by atoms with E-state index in [9.17, 15) is 8.42 Å². The Hall–Kier alpha value is -0.580. The molecule has 0 heterocycles. The molecule has 0 spiro atoms. The molecule has 0 saturated carbocycles. The minimum Gasteiger partial charge on any atom is -0.313 e. The van der Waals surface area contributed by atoms with Crippen molar-refractivity contribution in [1.29, 1.82) is 0 Å². The Morgan fingerprint density at radius 3 is 2.00 bits per heavy atom. The minimum atomic E-state index is -3.47. The summed E-state index contributed by atoms with van der Waals surface area (Å²) in [4.78, 5) is -1.09. The first-order valence-corrected chi connectivity index (χ1v) is 5.90. The summed E-state index contributed by atoms with van der Waals surface area (Å²) in [5.74, 6) is 0. The van der Waals surface area contributed by atoms with Crippen molar-refractivity contribution in [1.82, 2.24) is 0 Å². The maximum atomic E-state index is 11.8. The fraction of sp³-hybridized carbons (Fsp3) is 0.333. The molecular formula is C9H12ClNO2S. The van der Waals surface area contributed by atoms with E-state index in [0.717, 1.165) is 0 Å². The summed E-state index contributed by atoms with van der Waals surface area (Å²) in [5, 5.41) is 0.499. The van der Waals surface area contributed by atoms with Gasteiger partial charge in [-0.05, 0) is 38.1 Å². The number of hydrogen-bond acceptors (Lipinski definition) is 3. The van der Waals surface area contributed by atoms with Gasteiger partial charge in [0, 0.05) is 5.02 Å². The van der Waals surface area contributed by atoms with Crippen molar-refractivity contribution in [2.75, 3.05) is 0 Å². The average Bonchev–Trinajstić information content (AvgIpc) is 2.03. The first-order valence-electron chi connectivity index (χ1n) is 4.04.